The van der Waals surface area contributed by atoms with Crippen LogP contribution in [0.1, 0.15) is 29.9 Å². The fourth-order valence-electron chi connectivity index (χ4n) is 3.13. The summed E-state index contributed by atoms with van der Waals surface area (Å²) in [6.45, 7) is 4.45. The van der Waals surface area contributed by atoms with E-state index in [1.54, 1.807) is 23.1 Å². The predicted octanol–water partition coefficient (Wildman–Crippen LogP) is 3.73. The van der Waals surface area contributed by atoms with Gasteiger partial charge in [-0.25, -0.2) is 0 Å². The van der Waals surface area contributed by atoms with Gasteiger partial charge in [0.1, 0.15) is 0 Å². The number of hydrogen-bond acceptors (Lipinski definition) is 5. The summed E-state index contributed by atoms with van der Waals surface area (Å²) >= 11 is 0. The zero-order valence-corrected chi connectivity index (χ0v) is 15.1. The zero-order valence-electron chi connectivity index (χ0n) is 15.1. The number of nitrogens with zero attached hydrogens (tertiary/aromatic N) is 2. The average molecular weight is 365 g/mol. The van der Waals surface area contributed by atoms with Crippen LogP contribution in [0.4, 0.5) is 11.4 Å². The molecule has 1 aliphatic heterocycles. The van der Waals surface area contributed by atoms with E-state index in [0.717, 1.165) is 17.7 Å². The molecule has 1 N–H and O–H groups in total. The Labute approximate surface area is 155 Å². The Kier molecular flexibility index (Phi) is 4.27. The van der Waals surface area contributed by atoms with Crippen LogP contribution < -0.4 is 10.2 Å². The van der Waals surface area contributed by atoms with E-state index < -0.39 is 0 Å². The molecule has 27 heavy (non-hydrogen) atoms. The Balaban J connectivity index is 1.49. The summed E-state index contributed by atoms with van der Waals surface area (Å²) < 4.78 is 10.4. The summed E-state index contributed by atoms with van der Waals surface area (Å²) in [4.78, 5) is 26.5. The Morgan fingerprint density at radius 1 is 1.19 bits per heavy atom. The number of furan rings is 1. The van der Waals surface area contributed by atoms with Gasteiger partial charge in [0.25, 0.3) is 5.91 Å². The molecular weight excluding hydrogens is 346 g/mol. The van der Waals surface area contributed by atoms with E-state index in [2.05, 4.69) is 10.5 Å². The smallest absolute Gasteiger partial charge is 0.277 e. The number of aromatic nitrogens is 1. The molecule has 0 unspecified atom stereocenters. The van der Waals surface area contributed by atoms with Crippen LogP contribution >= 0.6 is 0 Å². The molecule has 0 bridgehead atoms. The van der Waals surface area contributed by atoms with Crippen molar-refractivity contribution in [2.24, 2.45) is 5.92 Å². The van der Waals surface area contributed by atoms with Gasteiger partial charge < -0.3 is 19.2 Å². The van der Waals surface area contributed by atoms with Crippen LogP contribution in [0.3, 0.4) is 0 Å². The first kappa shape index (κ1) is 17.1. The fourth-order valence-corrected chi connectivity index (χ4v) is 3.13. The van der Waals surface area contributed by atoms with Gasteiger partial charge in [-0.3, -0.25) is 9.59 Å². The van der Waals surface area contributed by atoms with E-state index in [0.29, 0.717) is 23.8 Å². The minimum atomic E-state index is -0.371. The van der Waals surface area contributed by atoms with Crippen molar-refractivity contribution in [3.63, 3.8) is 0 Å². The first-order valence-electron chi connectivity index (χ1n) is 8.79. The second kappa shape index (κ2) is 6.75. The normalized spacial score (nSPS) is 13.1. The highest BCUT2D eigenvalue weighted by Gasteiger charge is 2.26. The van der Waals surface area contributed by atoms with Crippen LogP contribution in [-0.4, -0.2) is 23.5 Å². The van der Waals surface area contributed by atoms with Gasteiger partial charge in [0.2, 0.25) is 11.7 Å². The van der Waals surface area contributed by atoms with Crippen molar-refractivity contribution >= 4 is 23.2 Å². The van der Waals surface area contributed by atoms with Gasteiger partial charge in [0, 0.05) is 29.9 Å². The third-order valence-corrected chi connectivity index (χ3v) is 4.50. The van der Waals surface area contributed by atoms with Crippen molar-refractivity contribution in [1.82, 2.24) is 5.16 Å². The standard InChI is InChI=1S/C20H19N3O4/c1-12(2)20(25)23-8-7-13-10-14(5-6-16(13)23)21-19(24)15-11-18(27-22-15)17-4-3-9-26-17/h3-6,9-12H,7-8H2,1-2H3,(H,21,24). The van der Waals surface area contributed by atoms with Gasteiger partial charge in [-0.2, -0.15) is 0 Å². The average Bonchev–Trinajstić information content (AvgIpc) is 3.39. The number of amides is 2. The largest absolute Gasteiger partial charge is 0.461 e. The van der Waals surface area contributed by atoms with Crippen molar-refractivity contribution in [1.29, 1.82) is 0 Å². The van der Waals surface area contributed by atoms with Crippen molar-refractivity contribution in [2.75, 3.05) is 16.8 Å². The Morgan fingerprint density at radius 2 is 2.04 bits per heavy atom. The number of rotatable bonds is 4. The highest BCUT2D eigenvalue weighted by molar-refractivity contribution is 6.04. The first-order valence-corrected chi connectivity index (χ1v) is 8.79. The highest BCUT2D eigenvalue weighted by atomic mass is 16.5. The molecule has 0 saturated carbocycles. The maximum Gasteiger partial charge on any atom is 0.277 e. The van der Waals surface area contributed by atoms with Gasteiger partial charge in [0.15, 0.2) is 11.5 Å². The van der Waals surface area contributed by atoms with Crippen LogP contribution in [0.2, 0.25) is 0 Å². The summed E-state index contributed by atoms with van der Waals surface area (Å²) in [5, 5.41) is 6.61. The minimum Gasteiger partial charge on any atom is -0.461 e. The van der Waals surface area contributed by atoms with Crippen LogP contribution in [0.5, 0.6) is 0 Å². The third-order valence-electron chi connectivity index (χ3n) is 4.50. The van der Waals surface area contributed by atoms with Crippen molar-refractivity contribution in [3.8, 4) is 11.5 Å². The maximum atomic E-state index is 12.4. The van der Waals surface area contributed by atoms with E-state index in [1.165, 1.54) is 12.3 Å². The number of carbonyl (C=O) groups excluding carboxylic acids is 2. The molecule has 0 atom stereocenters. The molecule has 0 radical (unpaired) electrons. The summed E-state index contributed by atoms with van der Waals surface area (Å²) in [5.41, 5.74) is 2.77. The molecule has 3 aromatic rings. The molecule has 2 amide bonds. The number of hydrogen-bond donors (Lipinski definition) is 1. The number of nitrogens with one attached hydrogen (secondary N) is 1. The van der Waals surface area contributed by atoms with Gasteiger partial charge in [0.05, 0.1) is 6.26 Å². The minimum absolute atomic E-state index is 0.0501. The molecule has 3 heterocycles. The van der Waals surface area contributed by atoms with Crippen LogP contribution in [0.15, 0.2) is 51.6 Å². The lowest BCUT2D eigenvalue weighted by Crippen LogP contribution is -2.32. The van der Waals surface area contributed by atoms with Crippen molar-refractivity contribution in [3.05, 3.63) is 53.9 Å². The summed E-state index contributed by atoms with van der Waals surface area (Å²) in [6, 6.07) is 10.5. The number of benzene rings is 1. The van der Waals surface area contributed by atoms with Crippen LogP contribution in [0.25, 0.3) is 11.5 Å². The van der Waals surface area contributed by atoms with E-state index in [9.17, 15) is 9.59 Å². The lowest BCUT2D eigenvalue weighted by molar-refractivity contribution is -0.121. The number of carbonyl (C=O) groups is 2. The molecule has 4 rings (SSSR count). The molecular formula is C20H19N3O4. The molecule has 0 spiro atoms. The molecule has 1 aromatic carbocycles. The van der Waals surface area contributed by atoms with Gasteiger partial charge in [-0.15, -0.1) is 0 Å². The molecule has 0 fully saturated rings. The van der Waals surface area contributed by atoms with E-state index in [4.69, 9.17) is 8.94 Å². The van der Waals surface area contributed by atoms with Crippen LogP contribution in [-0.2, 0) is 11.2 Å². The Bertz CT molecular complexity index is 989. The van der Waals surface area contributed by atoms with Crippen molar-refractivity contribution in [2.45, 2.75) is 20.3 Å². The molecule has 0 aliphatic carbocycles. The Hall–Kier alpha value is -3.35. The first-order chi connectivity index (χ1) is 13.0. The molecule has 1 aliphatic rings. The monoisotopic (exact) mass is 365 g/mol. The third kappa shape index (κ3) is 3.23. The topological polar surface area (TPSA) is 88.6 Å². The summed E-state index contributed by atoms with van der Waals surface area (Å²) in [5.74, 6) is 0.588. The van der Waals surface area contributed by atoms with Gasteiger partial charge in [-0.05, 0) is 42.3 Å². The molecule has 2 aromatic heterocycles. The van der Waals surface area contributed by atoms with Gasteiger partial charge >= 0.3 is 0 Å². The quantitative estimate of drug-likeness (QED) is 0.761. The van der Waals surface area contributed by atoms with Gasteiger partial charge in [-0.1, -0.05) is 19.0 Å². The van der Waals surface area contributed by atoms with E-state index >= 15 is 0 Å². The van der Waals surface area contributed by atoms with E-state index in [-0.39, 0.29) is 23.4 Å². The molecule has 7 heteroatoms. The van der Waals surface area contributed by atoms with E-state index in [1.807, 2.05) is 26.0 Å². The molecule has 7 nitrogen and oxygen atoms in total. The lowest BCUT2D eigenvalue weighted by atomic mass is 10.1. The number of fused-ring (bicyclic) bond motifs is 1. The zero-order chi connectivity index (χ0) is 19.0. The second-order valence-corrected chi connectivity index (χ2v) is 6.75. The maximum absolute atomic E-state index is 12.4. The molecule has 0 saturated heterocycles. The Morgan fingerprint density at radius 3 is 2.78 bits per heavy atom. The number of anilines is 2. The predicted molar refractivity (Wildman–Crippen MR) is 99.5 cm³/mol. The lowest BCUT2D eigenvalue weighted by Gasteiger charge is -2.19. The highest BCUT2D eigenvalue weighted by Crippen LogP contribution is 2.31. The van der Waals surface area contributed by atoms with Crippen molar-refractivity contribution < 1.29 is 18.5 Å². The second-order valence-electron chi connectivity index (χ2n) is 6.75. The fraction of sp³-hybridized carbons (Fsp3) is 0.250. The summed E-state index contributed by atoms with van der Waals surface area (Å²) in [6.07, 6.45) is 2.29. The SMILES string of the molecule is CC(C)C(=O)N1CCc2cc(NC(=O)c3cc(-c4ccco4)on3)ccc21. The molecule has 138 valence electrons. The summed E-state index contributed by atoms with van der Waals surface area (Å²) in [7, 11) is 0. The van der Waals surface area contributed by atoms with Crippen LogP contribution in [0, 0.1) is 5.92 Å².